The Labute approximate surface area is 381 Å². The average Bonchev–Trinajstić information content (AvgIpc) is 4.11. The van der Waals surface area contributed by atoms with Crippen LogP contribution in [0.15, 0.2) is 110 Å². The largest absolute Gasteiger partial charge is 0.377 e. The molecule has 8 aromatic rings. The third kappa shape index (κ3) is 8.74. The monoisotopic (exact) mass is 890 g/mol. The van der Waals surface area contributed by atoms with Gasteiger partial charge in [0.05, 0.1) is 24.0 Å². The molecule has 0 aliphatic carbocycles. The second kappa shape index (κ2) is 17.6. The number of rotatable bonds is 8. The van der Waals surface area contributed by atoms with E-state index in [-0.39, 0.29) is 0 Å². The molecule has 2 aliphatic rings. The van der Waals surface area contributed by atoms with Crippen molar-refractivity contribution in [3.8, 4) is 11.4 Å². The fourth-order valence-corrected chi connectivity index (χ4v) is 8.82. The number of hydrogen-bond donors (Lipinski definition) is 2. The quantitative estimate of drug-likeness (QED) is 0.154. The van der Waals surface area contributed by atoms with Crippen molar-refractivity contribution in [2.24, 2.45) is 0 Å². The Morgan fingerprint density at radius 3 is 1.31 bits per heavy atom. The summed E-state index contributed by atoms with van der Waals surface area (Å²) in [4.78, 5) is 18.0. The molecule has 0 saturated heterocycles. The van der Waals surface area contributed by atoms with Crippen molar-refractivity contribution in [3.63, 3.8) is 0 Å². The molecular formula is C50H48Cl2N10O2. The summed E-state index contributed by atoms with van der Waals surface area (Å²) in [6, 6.07) is 27.1. The van der Waals surface area contributed by atoms with Crippen LogP contribution >= 0.6 is 23.2 Å². The van der Waals surface area contributed by atoms with Crippen molar-refractivity contribution < 1.29 is 10.2 Å². The molecule has 64 heavy (non-hydrogen) atoms. The van der Waals surface area contributed by atoms with E-state index in [0.29, 0.717) is 46.2 Å². The molecule has 0 bridgehead atoms. The van der Waals surface area contributed by atoms with Crippen LogP contribution in [-0.2, 0) is 24.3 Å². The molecule has 0 unspecified atom stereocenters. The second-order valence-corrected chi connectivity index (χ2v) is 17.5. The summed E-state index contributed by atoms with van der Waals surface area (Å²) in [5, 5.41) is 33.4. The van der Waals surface area contributed by atoms with Crippen LogP contribution < -0.4 is 0 Å². The Kier molecular flexibility index (Phi) is 11.8. The van der Waals surface area contributed by atoms with Crippen molar-refractivity contribution in [3.05, 3.63) is 188 Å². The summed E-state index contributed by atoms with van der Waals surface area (Å²) >= 11 is 12.1. The molecular weight excluding hydrogens is 844 g/mol. The lowest BCUT2D eigenvalue weighted by atomic mass is 9.86. The number of nitrogens with zero attached hydrogens (tertiary/aromatic N) is 10. The van der Waals surface area contributed by atoms with Gasteiger partial charge in [0.15, 0.2) is 23.3 Å². The first-order chi connectivity index (χ1) is 30.8. The van der Waals surface area contributed by atoms with Gasteiger partial charge in [-0.25, -0.2) is 29.3 Å². The summed E-state index contributed by atoms with van der Waals surface area (Å²) in [5.74, 6) is 2.32. The summed E-state index contributed by atoms with van der Waals surface area (Å²) in [6.07, 6.45) is 18.3. The molecule has 10 rings (SSSR count). The zero-order chi connectivity index (χ0) is 44.6. The van der Waals surface area contributed by atoms with E-state index >= 15 is 0 Å². The van der Waals surface area contributed by atoms with Gasteiger partial charge in [-0.15, -0.1) is 0 Å². The fraction of sp³-hybridized carbons (Fsp3) is 0.240. The minimum Gasteiger partial charge on any atom is -0.377 e. The number of fused-ring (bicyclic) bond motifs is 2. The number of aromatic nitrogens is 10. The number of hydrogen-bond acceptors (Lipinski definition) is 8. The highest BCUT2D eigenvalue weighted by atomic mass is 35.5. The molecule has 4 aromatic heterocycles. The van der Waals surface area contributed by atoms with Crippen molar-refractivity contribution in [1.82, 2.24) is 48.6 Å². The zero-order valence-electron chi connectivity index (χ0n) is 36.1. The Bertz CT molecular complexity index is 2810. The first kappa shape index (κ1) is 42.8. The van der Waals surface area contributed by atoms with E-state index in [9.17, 15) is 10.2 Å². The number of aryl methyl sites for hydroxylation is 6. The van der Waals surface area contributed by atoms with Crippen LogP contribution in [0.25, 0.3) is 35.7 Å². The Morgan fingerprint density at radius 1 is 0.547 bits per heavy atom. The maximum atomic E-state index is 11.5. The number of imidazole rings is 2. The average molecular weight is 892 g/mol. The normalized spacial score (nSPS) is 18.2. The van der Waals surface area contributed by atoms with Crippen LogP contribution in [0.5, 0.6) is 0 Å². The third-order valence-electron chi connectivity index (χ3n) is 11.8. The summed E-state index contributed by atoms with van der Waals surface area (Å²) < 4.78 is 7.68. The Balaban J connectivity index is 0.000000162. The van der Waals surface area contributed by atoms with E-state index in [0.717, 1.165) is 82.1 Å². The molecule has 6 heterocycles. The Morgan fingerprint density at radius 2 is 0.953 bits per heavy atom. The molecule has 2 aliphatic heterocycles. The highest BCUT2D eigenvalue weighted by Crippen LogP contribution is 2.38. The predicted octanol–water partition coefficient (Wildman–Crippen LogP) is 9.87. The lowest BCUT2D eigenvalue weighted by molar-refractivity contribution is 0.0392. The van der Waals surface area contributed by atoms with E-state index < -0.39 is 11.2 Å². The van der Waals surface area contributed by atoms with Crippen LogP contribution in [0.2, 0.25) is 10.0 Å². The van der Waals surface area contributed by atoms with Crippen LogP contribution in [-0.4, -0.2) is 58.8 Å². The molecule has 14 heteroatoms. The highest BCUT2D eigenvalue weighted by molar-refractivity contribution is 6.30. The van der Waals surface area contributed by atoms with Crippen LogP contribution in [0.3, 0.4) is 0 Å². The third-order valence-corrected chi connectivity index (χ3v) is 12.4. The maximum absolute atomic E-state index is 11.5. The van der Waals surface area contributed by atoms with Gasteiger partial charge in [-0.1, -0.05) is 71.8 Å². The van der Waals surface area contributed by atoms with Crippen molar-refractivity contribution in [1.29, 1.82) is 0 Å². The van der Waals surface area contributed by atoms with Gasteiger partial charge in [-0.2, -0.15) is 10.2 Å². The minimum absolute atomic E-state index is 0.577. The molecule has 2 atom stereocenters. The van der Waals surface area contributed by atoms with Crippen LogP contribution in [0.1, 0.15) is 93.7 Å². The van der Waals surface area contributed by atoms with Gasteiger partial charge in [0.25, 0.3) is 0 Å². The van der Waals surface area contributed by atoms with E-state index in [4.69, 9.17) is 23.2 Å². The number of halogens is 2. The minimum atomic E-state index is -1.16. The summed E-state index contributed by atoms with van der Waals surface area (Å²) in [7, 11) is 0. The molecule has 0 amide bonds. The van der Waals surface area contributed by atoms with Crippen LogP contribution in [0.4, 0.5) is 0 Å². The van der Waals surface area contributed by atoms with Crippen molar-refractivity contribution in [2.75, 3.05) is 0 Å². The molecule has 0 radical (unpaired) electrons. The topological polar surface area (TPSA) is 138 Å². The van der Waals surface area contributed by atoms with Gasteiger partial charge >= 0.3 is 0 Å². The van der Waals surface area contributed by atoms with Crippen LogP contribution in [0, 0.1) is 27.7 Å². The lowest BCUT2D eigenvalue weighted by Gasteiger charge is -2.31. The summed E-state index contributed by atoms with van der Waals surface area (Å²) in [6.45, 7) is 9.61. The first-order valence-electron chi connectivity index (χ1n) is 21.3. The van der Waals surface area contributed by atoms with E-state index in [2.05, 4.69) is 80.4 Å². The standard InChI is InChI=1S/2C25H24ClN5O/c2*1-17-14-19(4-10-22(17)30-15-18(2)27-16-30)5-11-23-28-24-25(32,12-3-13-31(24)29-23)20-6-8-21(26)9-7-20/h2*4-11,14-16,32H,3,12-13H2,1-2H3/b2*11-5+/t2*25-/m10/s1. The lowest BCUT2D eigenvalue weighted by Crippen LogP contribution is -2.35. The highest BCUT2D eigenvalue weighted by Gasteiger charge is 2.40. The fourth-order valence-electron chi connectivity index (χ4n) is 8.57. The first-order valence-corrected chi connectivity index (χ1v) is 22.1. The Hall–Kier alpha value is -6.44. The summed E-state index contributed by atoms with van der Waals surface area (Å²) in [5.41, 5.74) is 7.84. The smallest absolute Gasteiger partial charge is 0.174 e. The van der Waals surface area contributed by atoms with Crippen molar-refractivity contribution in [2.45, 2.75) is 77.7 Å². The molecule has 0 fully saturated rings. The van der Waals surface area contributed by atoms with Gasteiger partial charge in [-0.3, -0.25) is 0 Å². The molecule has 0 spiro atoms. The molecule has 2 N–H and O–H groups in total. The van der Waals surface area contributed by atoms with Gasteiger partial charge in [0.2, 0.25) is 0 Å². The number of aliphatic hydroxyl groups is 2. The second-order valence-electron chi connectivity index (χ2n) is 16.6. The molecule has 324 valence electrons. The molecule has 0 saturated carbocycles. The van der Waals surface area contributed by atoms with Gasteiger partial charge in [0, 0.05) is 46.9 Å². The van der Waals surface area contributed by atoms with E-state index in [1.165, 1.54) is 0 Å². The van der Waals surface area contributed by atoms with Gasteiger partial charge < -0.3 is 19.3 Å². The van der Waals surface area contributed by atoms with Gasteiger partial charge in [0.1, 0.15) is 11.2 Å². The SMILES string of the molecule is Cc1cn(-c2ccc(/C=C/c3nc4n(n3)CCC[C@@]4(O)c3ccc(Cl)cc3)cc2C)cn1.Cc1cn(-c2ccc(/C=C/c3nc4n(n3)CCC[C@]4(O)c3ccc(Cl)cc3)cc2C)cn1. The van der Waals surface area contributed by atoms with Gasteiger partial charge in [-0.05, 0) is 147 Å². The van der Waals surface area contributed by atoms with E-state index in [1.54, 1.807) is 24.3 Å². The molecule has 4 aromatic carbocycles. The predicted molar refractivity (Wildman–Crippen MR) is 251 cm³/mol. The van der Waals surface area contributed by atoms with E-state index in [1.807, 2.05) is 106 Å². The molecule has 12 nitrogen and oxygen atoms in total. The zero-order valence-corrected chi connectivity index (χ0v) is 37.6. The number of benzene rings is 4. The maximum Gasteiger partial charge on any atom is 0.174 e. The van der Waals surface area contributed by atoms with Crippen molar-refractivity contribution >= 4 is 47.5 Å².